The number of nitrogens with zero attached hydrogens (tertiary/aromatic N) is 9. The molecule has 0 radical (unpaired) electrons. The third kappa shape index (κ3) is 6.92. The molecule has 0 spiro atoms. The standard InChI is InChI=1S/C17H21N5.C11H9N5.C3H6O/c1-3-10-21(11-4-2)17-19-12-18-16-15(20-13-22(16)17)14-8-6-5-7-9-14;12-11-14-6-13-10-9(15-7-16(10)11)8-4-2-1-3-5-8;1-2-3-4/h5-9,12-13H,3-4,10-11H2,1-2H3;1-7H,(H2,12,13,14);3H,2H2,1H3. The van der Waals surface area contributed by atoms with Gasteiger partial charge in [0.1, 0.15) is 43.0 Å². The maximum atomic E-state index is 9.17. The van der Waals surface area contributed by atoms with Gasteiger partial charge in [-0.25, -0.2) is 29.9 Å². The predicted octanol–water partition coefficient (Wildman–Crippen LogP) is 5.39. The summed E-state index contributed by atoms with van der Waals surface area (Å²) in [4.78, 5) is 37.4. The summed E-state index contributed by atoms with van der Waals surface area (Å²) in [6, 6.07) is 20.0. The summed E-state index contributed by atoms with van der Waals surface area (Å²) in [5.41, 5.74) is 11.1. The lowest BCUT2D eigenvalue weighted by atomic mass is 10.2. The fraction of sp³-hybridized carbons (Fsp3) is 0.258. The lowest BCUT2D eigenvalue weighted by Crippen LogP contribution is -2.28. The van der Waals surface area contributed by atoms with Crippen LogP contribution in [0.2, 0.25) is 0 Å². The van der Waals surface area contributed by atoms with E-state index < -0.39 is 0 Å². The van der Waals surface area contributed by atoms with Crippen LogP contribution in [-0.4, -0.2) is 58.1 Å². The van der Waals surface area contributed by atoms with Crippen molar-refractivity contribution < 1.29 is 4.79 Å². The first-order valence-electron chi connectivity index (χ1n) is 14.0. The molecule has 0 saturated carbocycles. The van der Waals surface area contributed by atoms with Crippen LogP contribution in [0.4, 0.5) is 11.9 Å². The first-order chi connectivity index (χ1) is 20.6. The van der Waals surface area contributed by atoms with Gasteiger partial charge in [-0.2, -0.15) is 0 Å². The highest BCUT2D eigenvalue weighted by molar-refractivity contribution is 5.75. The van der Waals surface area contributed by atoms with Crippen molar-refractivity contribution in [3.8, 4) is 22.5 Å². The number of fused-ring (bicyclic) bond motifs is 2. The van der Waals surface area contributed by atoms with Crippen LogP contribution in [-0.2, 0) is 4.79 Å². The van der Waals surface area contributed by atoms with Gasteiger partial charge in [0.25, 0.3) is 0 Å². The second-order valence-electron chi connectivity index (χ2n) is 9.27. The Balaban J connectivity index is 0.000000177. The van der Waals surface area contributed by atoms with Gasteiger partial charge in [-0.3, -0.25) is 8.80 Å². The third-order valence-corrected chi connectivity index (χ3v) is 6.20. The van der Waals surface area contributed by atoms with Crippen LogP contribution in [0.5, 0.6) is 0 Å². The van der Waals surface area contributed by atoms with Gasteiger partial charge in [0, 0.05) is 30.6 Å². The van der Waals surface area contributed by atoms with Gasteiger partial charge in [0.05, 0.1) is 0 Å². The smallest absolute Gasteiger partial charge is 0.214 e. The second-order valence-corrected chi connectivity index (χ2v) is 9.27. The van der Waals surface area contributed by atoms with Gasteiger partial charge in [-0.1, -0.05) is 81.4 Å². The molecule has 0 amide bonds. The fourth-order valence-electron chi connectivity index (χ4n) is 4.33. The van der Waals surface area contributed by atoms with E-state index in [0.717, 1.165) is 72.0 Å². The Hall–Kier alpha value is -5.19. The number of hydrogen-bond donors (Lipinski definition) is 1. The van der Waals surface area contributed by atoms with Crippen molar-refractivity contribution in [1.29, 1.82) is 0 Å². The number of anilines is 2. The second kappa shape index (κ2) is 15.0. The van der Waals surface area contributed by atoms with Crippen molar-refractivity contribution >= 4 is 29.5 Å². The molecule has 0 saturated heterocycles. The maximum Gasteiger partial charge on any atom is 0.214 e. The summed E-state index contributed by atoms with van der Waals surface area (Å²) in [5.74, 6) is 1.31. The van der Waals surface area contributed by atoms with E-state index in [1.165, 1.54) is 6.33 Å². The van der Waals surface area contributed by atoms with E-state index in [9.17, 15) is 4.79 Å². The van der Waals surface area contributed by atoms with Gasteiger partial charge in [-0.15, -0.1) is 0 Å². The molecule has 0 aliphatic heterocycles. The van der Waals surface area contributed by atoms with E-state index in [0.29, 0.717) is 12.4 Å². The molecule has 216 valence electrons. The average Bonchev–Trinajstić information content (AvgIpc) is 3.68. The van der Waals surface area contributed by atoms with E-state index in [2.05, 4.69) is 60.8 Å². The Morgan fingerprint density at radius 3 is 1.67 bits per heavy atom. The number of aromatic nitrogens is 8. The van der Waals surface area contributed by atoms with Crippen molar-refractivity contribution in [1.82, 2.24) is 38.7 Å². The van der Waals surface area contributed by atoms with E-state index in [-0.39, 0.29) is 0 Å². The molecule has 0 aliphatic carbocycles. The Bertz CT molecular complexity index is 1680. The summed E-state index contributed by atoms with van der Waals surface area (Å²) in [7, 11) is 0. The number of nitrogens with two attached hydrogens (primary N) is 1. The normalized spacial score (nSPS) is 10.5. The lowest BCUT2D eigenvalue weighted by molar-refractivity contribution is -0.107. The van der Waals surface area contributed by atoms with Crippen LogP contribution in [0.3, 0.4) is 0 Å². The van der Waals surface area contributed by atoms with Crippen molar-refractivity contribution in [2.24, 2.45) is 0 Å². The highest BCUT2D eigenvalue weighted by atomic mass is 16.1. The van der Waals surface area contributed by atoms with Crippen molar-refractivity contribution in [3.05, 3.63) is 86.0 Å². The number of carbonyl (C=O) groups is 1. The Morgan fingerprint density at radius 2 is 1.17 bits per heavy atom. The van der Waals surface area contributed by atoms with Crippen LogP contribution < -0.4 is 10.6 Å². The van der Waals surface area contributed by atoms with Gasteiger partial charge in [0.2, 0.25) is 11.9 Å². The summed E-state index contributed by atoms with van der Waals surface area (Å²) >= 11 is 0. The van der Waals surface area contributed by atoms with Crippen molar-refractivity contribution in [2.45, 2.75) is 40.0 Å². The molecule has 0 unspecified atom stereocenters. The van der Waals surface area contributed by atoms with Crippen LogP contribution in [0.25, 0.3) is 33.8 Å². The summed E-state index contributed by atoms with van der Waals surface area (Å²) < 4.78 is 3.66. The zero-order chi connectivity index (χ0) is 29.7. The largest absolute Gasteiger partial charge is 0.369 e. The number of rotatable bonds is 8. The molecule has 11 heteroatoms. The van der Waals surface area contributed by atoms with Crippen LogP contribution >= 0.6 is 0 Å². The Kier molecular flexibility index (Phi) is 10.6. The number of nitrogen functional groups attached to an aromatic ring is 1. The molecule has 0 bridgehead atoms. The molecule has 2 N–H and O–H groups in total. The molecule has 0 aliphatic rings. The van der Waals surface area contributed by atoms with E-state index in [4.69, 9.17) is 5.73 Å². The van der Waals surface area contributed by atoms with Crippen LogP contribution in [0.15, 0.2) is 86.0 Å². The minimum atomic E-state index is 0.389. The van der Waals surface area contributed by atoms with Gasteiger partial charge in [-0.05, 0) is 12.8 Å². The topological polar surface area (TPSA) is 132 Å². The minimum Gasteiger partial charge on any atom is -0.369 e. The fourth-order valence-corrected chi connectivity index (χ4v) is 4.33. The van der Waals surface area contributed by atoms with Gasteiger partial charge in [0.15, 0.2) is 11.3 Å². The molecule has 4 heterocycles. The Morgan fingerprint density at radius 1 is 0.690 bits per heavy atom. The zero-order valence-electron chi connectivity index (χ0n) is 24.2. The van der Waals surface area contributed by atoms with Crippen molar-refractivity contribution in [2.75, 3.05) is 23.7 Å². The van der Waals surface area contributed by atoms with Gasteiger partial charge < -0.3 is 15.4 Å². The lowest BCUT2D eigenvalue weighted by Gasteiger charge is -2.22. The highest BCUT2D eigenvalue weighted by Gasteiger charge is 2.15. The molecule has 11 nitrogen and oxygen atoms in total. The highest BCUT2D eigenvalue weighted by Crippen LogP contribution is 2.24. The molecular formula is C31H36N10O. The first kappa shape index (κ1) is 29.8. The number of imidazole rings is 2. The molecule has 6 rings (SSSR count). The number of benzene rings is 2. The van der Waals surface area contributed by atoms with E-state index in [1.807, 2.05) is 66.2 Å². The minimum absolute atomic E-state index is 0.389. The SMILES string of the molecule is CCC=O.CCCN(CCC)c1ncnc2c(-c3ccccc3)ncn12.Nc1ncnc2c(-c3ccccc3)ncn12. The molecule has 42 heavy (non-hydrogen) atoms. The van der Waals surface area contributed by atoms with E-state index in [1.54, 1.807) is 17.1 Å². The van der Waals surface area contributed by atoms with Crippen LogP contribution in [0.1, 0.15) is 40.0 Å². The quantitative estimate of drug-likeness (QED) is 0.242. The van der Waals surface area contributed by atoms with Crippen molar-refractivity contribution in [3.63, 3.8) is 0 Å². The number of hydrogen-bond acceptors (Lipinski definition) is 9. The molecule has 0 atom stereocenters. The van der Waals surface area contributed by atoms with Crippen LogP contribution in [0, 0.1) is 0 Å². The predicted molar refractivity (Wildman–Crippen MR) is 166 cm³/mol. The monoisotopic (exact) mass is 564 g/mol. The molecular weight excluding hydrogens is 528 g/mol. The third-order valence-electron chi connectivity index (χ3n) is 6.20. The van der Waals surface area contributed by atoms with Gasteiger partial charge >= 0.3 is 0 Å². The average molecular weight is 565 g/mol. The first-order valence-corrected chi connectivity index (χ1v) is 14.0. The zero-order valence-corrected chi connectivity index (χ0v) is 24.2. The molecule has 2 aromatic carbocycles. The summed E-state index contributed by atoms with van der Waals surface area (Å²) in [6.45, 7) is 8.15. The Labute approximate surface area is 245 Å². The summed E-state index contributed by atoms with van der Waals surface area (Å²) in [6.07, 6.45) is 10.2. The molecule has 0 fully saturated rings. The van der Waals surface area contributed by atoms with E-state index >= 15 is 0 Å². The number of aldehydes is 1. The molecule has 6 aromatic rings. The summed E-state index contributed by atoms with van der Waals surface area (Å²) in [5, 5.41) is 0. The molecule has 4 aromatic heterocycles. The maximum absolute atomic E-state index is 9.17. The number of carbonyl (C=O) groups excluding carboxylic acids is 1.